The Labute approximate surface area is 203 Å². The molecule has 2 fully saturated rings. The molecule has 7 nitrogen and oxygen atoms in total. The molecule has 2 aromatic rings. The Morgan fingerprint density at radius 3 is 2.50 bits per heavy atom. The van der Waals surface area contributed by atoms with Crippen LogP contribution in [0.25, 0.3) is 0 Å². The van der Waals surface area contributed by atoms with Gasteiger partial charge in [0, 0.05) is 51.0 Å². The van der Waals surface area contributed by atoms with E-state index in [0.29, 0.717) is 30.0 Å². The molecule has 7 heteroatoms. The second-order valence-corrected chi connectivity index (χ2v) is 9.67. The van der Waals surface area contributed by atoms with Crippen LogP contribution >= 0.6 is 0 Å². The van der Waals surface area contributed by atoms with Crippen LogP contribution in [-0.4, -0.2) is 77.1 Å². The number of nitrogens with one attached hydrogen (secondary N) is 1. The Balaban J connectivity index is 1.33. The summed E-state index contributed by atoms with van der Waals surface area (Å²) in [5, 5.41) is 13.3. The van der Waals surface area contributed by atoms with Crippen molar-refractivity contribution in [1.29, 1.82) is 0 Å². The lowest BCUT2D eigenvalue weighted by molar-refractivity contribution is 0.0609. The minimum Gasteiger partial charge on any atom is -0.504 e. The molecule has 2 aliphatic heterocycles. The fourth-order valence-electron chi connectivity index (χ4n) is 5.34. The lowest BCUT2D eigenvalue weighted by Gasteiger charge is -2.47. The van der Waals surface area contributed by atoms with E-state index in [1.54, 1.807) is 6.20 Å². The number of amides is 1. The maximum absolute atomic E-state index is 12.1. The van der Waals surface area contributed by atoms with Gasteiger partial charge in [-0.3, -0.25) is 14.6 Å². The third-order valence-electron chi connectivity index (χ3n) is 7.30. The molecule has 0 spiro atoms. The summed E-state index contributed by atoms with van der Waals surface area (Å²) in [7, 11) is 0. The molecule has 1 unspecified atom stereocenters. The molecule has 0 radical (unpaired) electrons. The molecule has 2 N–H and O–H groups in total. The maximum atomic E-state index is 12.1. The topological polar surface area (TPSA) is 71.9 Å². The molecular formula is C27H39N5O2. The van der Waals surface area contributed by atoms with Crippen LogP contribution in [0.3, 0.4) is 0 Å². The molecule has 0 saturated carbocycles. The van der Waals surface area contributed by atoms with Gasteiger partial charge >= 0.3 is 0 Å². The van der Waals surface area contributed by atoms with Crippen molar-refractivity contribution in [3.05, 3.63) is 53.2 Å². The van der Waals surface area contributed by atoms with Crippen LogP contribution < -0.4 is 10.2 Å². The first-order valence-electron chi connectivity index (χ1n) is 12.7. The summed E-state index contributed by atoms with van der Waals surface area (Å²) < 4.78 is 0. The zero-order chi connectivity index (χ0) is 24.1. The van der Waals surface area contributed by atoms with Gasteiger partial charge in [0.15, 0.2) is 11.6 Å². The van der Waals surface area contributed by atoms with Gasteiger partial charge in [-0.2, -0.15) is 0 Å². The summed E-state index contributed by atoms with van der Waals surface area (Å²) in [6.07, 6.45) is 5.04. The molecule has 1 aromatic heterocycles. The number of likely N-dealkylation sites (tertiary alicyclic amines) is 1. The molecule has 2 aliphatic rings. The summed E-state index contributed by atoms with van der Waals surface area (Å²) in [5.74, 6) is 0.456. The molecule has 0 aliphatic carbocycles. The van der Waals surface area contributed by atoms with E-state index in [0.717, 1.165) is 45.7 Å². The van der Waals surface area contributed by atoms with Gasteiger partial charge in [0.25, 0.3) is 5.91 Å². The Hall–Kier alpha value is -2.64. The molecule has 0 bridgehead atoms. The fourth-order valence-corrected chi connectivity index (χ4v) is 5.34. The highest BCUT2D eigenvalue weighted by Crippen LogP contribution is 2.30. The number of piperidine rings is 1. The van der Waals surface area contributed by atoms with Crippen molar-refractivity contribution < 1.29 is 9.90 Å². The second kappa shape index (κ2) is 11.2. The van der Waals surface area contributed by atoms with E-state index in [4.69, 9.17) is 0 Å². The highest BCUT2D eigenvalue weighted by molar-refractivity contribution is 5.94. The smallest absolute Gasteiger partial charge is 0.252 e. The van der Waals surface area contributed by atoms with Gasteiger partial charge in [-0.15, -0.1) is 0 Å². The normalized spacial score (nSPS) is 20.4. The minimum atomic E-state index is -0.207. The fraction of sp³-hybridized carbons (Fsp3) is 0.556. The van der Waals surface area contributed by atoms with E-state index >= 15 is 0 Å². The summed E-state index contributed by atoms with van der Waals surface area (Å²) in [6, 6.07) is 11.5. The predicted molar refractivity (Wildman–Crippen MR) is 136 cm³/mol. The van der Waals surface area contributed by atoms with Crippen molar-refractivity contribution in [2.75, 3.05) is 44.2 Å². The van der Waals surface area contributed by atoms with E-state index in [9.17, 15) is 9.90 Å². The third kappa shape index (κ3) is 5.70. The van der Waals surface area contributed by atoms with E-state index < -0.39 is 0 Å². The monoisotopic (exact) mass is 465 g/mol. The van der Waals surface area contributed by atoms with E-state index in [2.05, 4.69) is 63.1 Å². The molecule has 4 rings (SSSR count). The number of hydrogen-bond acceptors (Lipinski definition) is 6. The van der Waals surface area contributed by atoms with E-state index in [-0.39, 0.29) is 11.7 Å². The third-order valence-corrected chi connectivity index (χ3v) is 7.30. The Morgan fingerprint density at radius 2 is 1.85 bits per heavy atom. The molecule has 1 aromatic carbocycles. The number of pyridine rings is 1. The van der Waals surface area contributed by atoms with Crippen LogP contribution in [0.4, 0.5) is 5.82 Å². The maximum Gasteiger partial charge on any atom is 0.252 e. The number of piperazine rings is 1. The molecular weight excluding hydrogens is 426 g/mol. The first-order chi connectivity index (χ1) is 16.5. The number of aromatic nitrogens is 1. The molecule has 184 valence electrons. The number of rotatable bonds is 7. The number of benzene rings is 1. The quantitative estimate of drug-likeness (QED) is 0.653. The molecule has 2 saturated heterocycles. The van der Waals surface area contributed by atoms with Crippen molar-refractivity contribution in [1.82, 2.24) is 20.1 Å². The van der Waals surface area contributed by atoms with Crippen LogP contribution in [-0.2, 0) is 6.54 Å². The second-order valence-electron chi connectivity index (χ2n) is 9.67. The van der Waals surface area contributed by atoms with Gasteiger partial charge in [0.05, 0.1) is 5.56 Å². The summed E-state index contributed by atoms with van der Waals surface area (Å²) in [6.45, 7) is 12.8. The average molecular weight is 466 g/mol. The van der Waals surface area contributed by atoms with Gasteiger partial charge in [-0.05, 0) is 57.8 Å². The van der Waals surface area contributed by atoms with Crippen LogP contribution in [0.2, 0.25) is 0 Å². The SMILES string of the molecule is CCNC(=O)c1cnc(N2CCN(C3CCN(Cc4ccc(C)cc4)CC3)C(CC)C2)c(O)c1. The summed E-state index contributed by atoms with van der Waals surface area (Å²) >= 11 is 0. The molecule has 1 amide bonds. The molecule has 34 heavy (non-hydrogen) atoms. The van der Waals surface area contributed by atoms with Crippen LogP contribution in [0.1, 0.15) is 54.6 Å². The standard InChI is InChI=1S/C27H39N5O2/c1-4-23-19-31(26-25(33)16-22(17-29-26)27(34)28-5-2)14-15-32(23)24-10-12-30(13-11-24)18-21-8-6-20(3)7-9-21/h6-9,16-17,23-24,33H,4-5,10-15,18-19H2,1-3H3,(H,28,34). The van der Waals surface area contributed by atoms with Crippen LogP contribution in [0, 0.1) is 6.92 Å². The van der Waals surface area contributed by atoms with E-state index in [1.165, 1.54) is 30.0 Å². The summed E-state index contributed by atoms with van der Waals surface area (Å²) in [5.41, 5.74) is 3.11. The lowest BCUT2D eigenvalue weighted by Crippen LogP contribution is -2.58. The van der Waals surface area contributed by atoms with Crippen molar-refractivity contribution >= 4 is 11.7 Å². The first kappa shape index (κ1) is 24.5. The number of aromatic hydroxyl groups is 1. The number of anilines is 1. The Kier molecular flexibility index (Phi) is 8.06. The summed E-state index contributed by atoms with van der Waals surface area (Å²) in [4.78, 5) is 24.0. The van der Waals surface area contributed by atoms with E-state index in [1.807, 2.05) is 6.92 Å². The highest BCUT2D eigenvalue weighted by Gasteiger charge is 2.34. The largest absolute Gasteiger partial charge is 0.504 e. The van der Waals surface area contributed by atoms with Gasteiger partial charge in [-0.25, -0.2) is 4.98 Å². The number of carbonyl (C=O) groups is 1. The highest BCUT2D eigenvalue weighted by atomic mass is 16.3. The Bertz CT molecular complexity index is 956. The first-order valence-corrected chi connectivity index (χ1v) is 12.7. The van der Waals surface area contributed by atoms with Crippen molar-refractivity contribution in [2.24, 2.45) is 0 Å². The lowest BCUT2D eigenvalue weighted by atomic mass is 9.97. The van der Waals surface area contributed by atoms with Crippen molar-refractivity contribution in [3.8, 4) is 5.75 Å². The number of hydrogen-bond donors (Lipinski definition) is 2. The number of carbonyl (C=O) groups excluding carboxylic acids is 1. The van der Waals surface area contributed by atoms with Gasteiger partial charge in [-0.1, -0.05) is 36.8 Å². The predicted octanol–water partition coefficient (Wildman–Crippen LogP) is 3.41. The zero-order valence-corrected chi connectivity index (χ0v) is 20.8. The zero-order valence-electron chi connectivity index (χ0n) is 20.8. The van der Waals surface area contributed by atoms with Gasteiger partial charge in [0.1, 0.15) is 0 Å². The van der Waals surface area contributed by atoms with Crippen molar-refractivity contribution in [3.63, 3.8) is 0 Å². The number of aryl methyl sites for hydroxylation is 1. The van der Waals surface area contributed by atoms with Gasteiger partial charge in [0.2, 0.25) is 0 Å². The minimum absolute atomic E-state index is 0.0801. The van der Waals surface area contributed by atoms with Crippen molar-refractivity contribution in [2.45, 2.75) is 58.7 Å². The Morgan fingerprint density at radius 1 is 1.12 bits per heavy atom. The molecule has 1 atom stereocenters. The van der Waals surface area contributed by atoms with Gasteiger partial charge < -0.3 is 15.3 Å². The average Bonchev–Trinajstić information content (AvgIpc) is 2.85. The van der Waals surface area contributed by atoms with Crippen LogP contribution in [0.15, 0.2) is 36.5 Å². The van der Waals surface area contributed by atoms with Crippen LogP contribution in [0.5, 0.6) is 5.75 Å². The number of nitrogens with zero attached hydrogens (tertiary/aromatic N) is 4. The molecule has 3 heterocycles.